The summed E-state index contributed by atoms with van der Waals surface area (Å²) < 4.78 is 1.87. The first-order valence-electron chi connectivity index (χ1n) is 7.00. The molecule has 1 fully saturated rings. The summed E-state index contributed by atoms with van der Waals surface area (Å²) in [5.74, 6) is 0.263. The second kappa shape index (κ2) is 5.65. The van der Waals surface area contributed by atoms with Crippen molar-refractivity contribution in [3.8, 4) is 0 Å². The summed E-state index contributed by atoms with van der Waals surface area (Å²) in [5, 5.41) is 7.62. The lowest BCUT2D eigenvalue weighted by Crippen LogP contribution is -2.45. The van der Waals surface area contributed by atoms with E-state index in [1.54, 1.807) is 6.20 Å². The highest BCUT2D eigenvalue weighted by atomic mass is 16.1. The van der Waals surface area contributed by atoms with Gasteiger partial charge in [-0.3, -0.25) is 9.48 Å². The van der Waals surface area contributed by atoms with Gasteiger partial charge in [-0.15, -0.1) is 0 Å². The lowest BCUT2D eigenvalue weighted by atomic mass is 9.73. The Hall–Kier alpha value is -1.16. The van der Waals surface area contributed by atoms with Crippen LogP contribution in [0.2, 0.25) is 0 Å². The number of nitrogens with one attached hydrogen (secondary N) is 1. The molecule has 0 bridgehead atoms. The lowest BCUT2D eigenvalue weighted by molar-refractivity contribution is 0.0730. The van der Waals surface area contributed by atoms with Crippen LogP contribution in [0, 0.1) is 5.41 Å². The third-order valence-corrected chi connectivity index (χ3v) is 3.98. The fourth-order valence-electron chi connectivity index (χ4n) is 2.76. The molecule has 1 unspecified atom stereocenters. The highest BCUT2D eigenvalue weighted by molar-refractivity contribution is 6.00. The van der Waals surface area contributed by atoms with E-state index in [1.165, 1.54) is 0 Å². The minimum Gasteiger partial charge on any atom is -0.316 e. The number of carbonyl (C=O) groups is 1. The van der Waals surface area contributed by atoms with E-state index in [0.29, 0.717) is 0 Å². The van der Waals surface area contributed by atoms with E-state index in [-0.39, 0.29) is 11.2 Å². The van der Waals surface area contributed by atoms with Gasteiger partial charge in [0.1, 0.15) is 0 Å². The van der Waals surface area contributed by atoms with Crippen molar-refractivity contribution in [2.45, 2.75) is 46.1 Å². The molecule has 1 aromatic rings. The van der Waals surface area contributed by atoms with Gasteiger partial charge >= 0.3 is 0 Å². The molecule has 4 nitrogen and oxygen atoms in total. The Labute approximate surface area is 109 Å². The summed E-state index contributed by atoms with van der Waals surface area (Å²) in [6.45, 7) is 6.94. The molecule has 1 aliphatic heterocycles. The van der Waals surface area contributed by atoms with Crippen LogP contribution >= 0.6 is 0 Å². The normalized spacial score (nSPS) is 24.1. The summed E-state index contributed by atoms with van der Waals surface area (Å²) in [6, 6.07) is 0. The average Bonchev–Trinajstić information content (AvgIpc) is 2.87. The van der Waals surface area contributed by atoms with Crippen LogP contribution in [0.15, 0.2) is 12.4 Å². The van der Waals surface area contributed by atoms with E-state index >= 15 is 0 Å². The fraction of sp³-hybridized carbons (Fsp3) is 0.714. The predicted octanol–water partition coefficient (Wildman–Crippen LogP) is 2.26. The summed E-state index contributed by atoms with van der Waals surface area (Å²) in [7, 11) is 0. The van der Waals surface area contributed by atoms with Crippen LogP contribution in [0.5, 0.6) is 0 Å². The number of piperidine rings is 1. The van der Waals surface area contributed by atoms with Gasteiger partial charge in [-0.2, -0.15) is 5.10 Å². The van der Waals surface area contributed by atoms with Gasteiger partial charge in [-0.25, -0.2) is 0 Å². The quantitative estimate of drug-likeness (QED) is 0.814. The van der Waals surface area contributed by atoms with Crippen LogP contribution in [0.25, 0.3) is 0 Å². The number of hydrogen-bond donors (Lipinski definition) is 1. The maximum atomic E-state index is 12.7. The Morgan fingerprint density at radius 1 is 1.56 bits per heavy atom. The summed E-state index contributed by atoms with van der Waals surface area (Å²) in [6.07, 6.45) is 7.65. The third-order valence-electron chi connectivity index (χ3n) is 3.98. The van der Waals surface area contributed by atoms with Crippen molar-refractivity contribution in [3.05, 3.63) is 18.0 Å². The van der Waals surface area contributed by atoms with Crippen LogP contribution in [-0.2, 0) is 6.54 Å². The molecule has 1 aromatic heterocycles. The number of carbonyl (C=O) groups excluding carboxylic acids is 1. The van der Waals surface area contributed by atoms with Crippen LogP contribution in [-0.4, -0.2) is 28.7 Å². The Morgan fingerprint density at radius 2 is 2.39 bits per heavy atom. The van der Waals surface area contributed by atoms with Gasteiger partial charge in [-0.05, 0) is 32.2 Å². The number of aromatic nitrogens is 2. The molecule has 2 heterocycles. The van der Waals surface area contributed by atoms with Crippen molar-refractivity contribution in [1.29, 1.82) is 0 Å². The smallest absolute Gasteiger partial charge is 0.173 e. The molecule has 1 saturated heterocycles. The fourth-order valence-corrected chi connectivity index (χ4v) is 2.76. The molecule has 0 aromatic carbocycles. The highest BCUT2D eigenvalue weighted by Gasteiger charge is 2.38. The molecule has 0 saturated carbocycles. The first kappa shape index (κ1) is 13.3. The summed E-state index contributed by atoms with van der Waals surface area (Å²) in [5.41, 5.74) is 0.562. The average molecular weight is 249 g/mol. The van der Waals surface area contributed by atoms with Gasteiger partial charge in [-0.1, -0.05) is 13.8 Å². The van der Waals surface area contributed by atoms with Crippen molar-refractivity contribution in [2.75, 3.05) is 13.1 Å². The van der Waals surface area contributed by atoms with E-state index < -0.39 is 0 Å². The van der Waals surface area contributed by atoms with E-state index in [1.807, 2.05) is 10.9 Å². The zero-order valence-corrected chi connectivity index (χ0v) is 11.4. The van der Waals surface area contributed by atoms with Crippen molar-refractivity contribution in [2.24, 2.45) is 5.41 Å². The highest BCUT2D eigenvalue weighted by Crippen LogP contribution is 2.33. The minimum atomic E-state index is -0.210. The third kappa shape index (κ3) is 2.48. The largest absolute Gasteiger partial charge is 0.316 e. The van der Waals surface area contributed by atoms with Crippen molar-refractivity contribution in [1.82, 2.24) is 15.1 Å². The van der Waals surface area contributed by atoms with Crippen molar-refractivity contribution >= 4 is 5.78 Å². The zero-order chi connectivity index (χ0) is 13.0. The Kier molecular flexibility index (Phi) is 4.17. The molecule has 0 radical (unpaired) electrons. The second-order valence-corrected chi connectivity index (χ2v) is 5.24. The number of rotatable bonds is 5. The molecule has 2 rings (SSSR count). The van der Waals surface area contributed by atoms with Crippen LogP contribution in [0.3, 0.4) is 0 Å². The Balaban J connectivity index is 2.17. The second-order valence-electron chi connectivity index (χ2n) is 5.24. The number of ketones is 1. The van der Waals surface area contributed by atoms with Gasteiger partial charge in [0.05, 0.1) is 11.8 Å². The van der Waals surface area contributed by atoms with E-state index in [4.69, 9.17) is 0 Å². The van der Waals surface area contributed by atoms with Gasteiger partial charge in [0.25, 0.3) is 0 Å². The van der Waals surface area contributed by atoms with E-state index in [2.05, 4.69) is 24.3 Å². The molecule has 0 amide bonds. The minimum absolute atomic E-state index is 0.210. The van der Waals surface area contributed by atoms with Gasteiger partial charge < -0.3 is 5.32 Å². The standard InChI is InChI=1S/C14H23N3O/c1-3-8-17-10-12(9-16-17)13(18)14(4-2)6-5-7-15-11-14/h9-10,15H,3-8,11H2,1-2H3. The first-order chi connectivity index (χ1) is 8.72. The molecule has 18 heavy (non-hydrogen) atoms. The number of hydrogen-bond acceptors (Lipinski definition) is 3. The zero-order valence-electron chi connectivity index (χ0n) is 11.4. The van der Waals surface area contributed by atoms with Gasteiger partial charge in [0.2, 0.25) is 0 Å². The van der Waals surface area contributed by atoms with Crippen LogP contribution < -0.4 is 5.32 Å². The van der Waals surface area contributed by atoms with Crippen molar-refractivity contribution in [3.63, 3.8) is 0 Å². The Morgan fingerprint density at radius 3 is 3.00 bits per heavy atom. The molecular weight excluding hydrogens is 226 g/mol. The maximum Gasteiger partial charge on any atom is 0.173 e. The maximum absolute atomic E-state index is 12.7. The summed E-state index contributed by atoms with van der Waals surface area (Å²) in [4.78, 5) is 12.7. The van der Waals surface area contributed by atoms with Crippen LogP contribution in [0.1, 0.15) is 49.9 Å². The molecular formula is C14H23N3O. The first-order valence-corrected chi connectivity index (χ1v) is 7.00. The SMILES string of the molecule is CCCn1cc(C(=O)C2(CC)CCCNC2)cn1. The summed E-state index contributed by atoms with van der Waals surface area (Å²) >= 11 is 0. The molecule has 1 N–H and O–H groups in total. The number of Topliss-reactive ketones (excluding diaryl/α,β-unsaturated/α-hetero) is 1. The molecule has 100 valence electrons. The monoisotopic (exact) mass is 249 g/mol. The number of aryl methyl sites for hydroxylation is 1. The molecule has 4 heteroatoms. The predicted molar refractivity (Wildman–Crippen MR) is 71.7 cm³/mol. The molecule has 1 aliphatic rings. The molecule has 0 spiro atoms. The van der Waals surface area contributed by atoms with Gasteiger partial charge in [0.15, 0.2) is 5.78 Å². The van der Waals surface area contributed by atoms with E-state index in [9.17, 15) is 4.79 Å². The lowest BCUT2D eigenvalue weighted by Gasteiger charge is -2.35. The van der Waals surface area contributed by atoms with Gasteiger partial charge in [0, 0.05) is 24.7 Å². The topological polar surface area (TPSA) is 46.9 Å². The van der Waals surface area contributed by atoms with E-state index in [0.717, 1.165) is 50.9 Å². The molecule has 1 atom stereocenters. The molecule has 0 aliphatic carbocycles. The number of nitrogens with zero attached hydrogens (tertiary/aromatic N) is 2. The van der Waals surface area contributed by atoms with Crippen molar-refractivity contribution < 1.29 is 4.79 Å². The van der Waals surface area contributed by atoms with Crippen LogP contribution in [0.4, 0.5) is 0 Å². The Bertz CT molecular complexity index is 405.